The fraction of sp³-hybridized carbons (Fsp3) is 0.471. The number of hydrogen-bond acceptors (Lipinski definition) is 6. The monoisotopic (exact) mass is 346 g/mol. The van der Waals surface area contributed by atoms with Crippen LogP contribution in [0.25, 0.3) is 0 Å². The maximum Gasteiger partial charge on any atom is 0.417 e. The average Bonchev–Trinajstić information content (AvgIpc) is 3.21. The number of piperidine rings is 1. The maximum atomic E-state index is 12.5. The molecule has 3 heterocycles. The molecule has 2 saturated heterocycles. The van der Waals surface area contributed by atoms with Crippen LogP contribution in [-0.2, 0) is 20.7 Å². The number of fused-ring (bicyclic) bond motifs is 1. The second kappa shape index (κ2) is 6.27. The number of imide groups is 1. The van der Waals surface area contributed by atoms with Gasteiger partial charge >= 0.3 is 6.09 Å². The third-order valence-electron chi connectivity index (χ3n) is 4.76. The van der Waals surface area contributed by atoms with Gasteiger partial charge in [-0.2, -0.15) is 0 Å². The van der Waals surface area contributed by atoms with Crippen molar-refractivity contribution in [2.45, 2.75) is 25.3 Å². The third-order valence-corrected chi connectivity index (χ3v) is 4.76. The topological polar surface area (TPSA) is 85.4 Å². The van der Waals surface area contributed by atoms with Crippen LogP contribution in [-0.4, -0.2) is 60.2 Å². The SMILES string of the molecule is O=C(Cc1ccc2c(c1)OCO2)N1CCC(N2C(=O)COC2=O)CC1. The van der Waals surface area contributed by atoms with Crippen LogP contribution in [0.2, 0.25) is 0 Å². The number of cyclic esters (lactones) is 1. The number of nitrogens with zero attached hydrogens (tertiary/aromatic N) is 2. The molecule has 3 aliphatic rings. The molecular weight excluding hydrogens is 328 g/mol. The second-order valence-electron chi connectivity index (χ2n) is 6.29. The Hall–Kier alpha value is -2.77. The molecule has 0 aliphatic carbocycles. The number of ether oxygens (including phenoxy) is 3. The van der Waals surface area contributed by atoms with E-state index < -0.39 is 6.09 Å². The number of benzene rings is 1. The van der Waals surface area contributed by atoms with E-state index in [2.05, 4.69) is 0 Å². The van der Waals surface area contributed by atoms with Gasteiger partial charge in [0.15, 0.2) is 18.1 Å². The molecule has 1 aromatic carbocycles. The highest BCUT2D eigenvalue weighted by Gasteiger charge is 2.38. The van der Waals surface area contributed by atoms with E-state index in [-0.39, 0.29) is 37.7 Å². The van der Waals surface area contributed by atoms with Crippen LogP contribution in [0, 0.1) is 0 Å². The summed E-state index contributed by atoms with van der Waals surface area (Å²) in [6.45, 7) is 1.07. The van der Waals surface area contributed by atoms with E-state index in [1.54, 1.807) is 4.90 Å². The zero-order valence-corrected chi connectivity index (χ0v) is 13.6. The van der Waals surface area contributed by atoms with Gasteiger partial charge in [-0.1, -0.05) is 6.07 Å². The molecule has 0 atom stereocenters. The van der Waals surface area contributed by atoms with Gasteiger partial charge in [0.2, 0.25) is 12.7 Å². The summed E-state index contributed by atoms with van der Waals surface area (Å²) in [5.74, 6) is 1.08. The lowest BCUT2D eigenvalue weighted by atomic mass is 10.0. The minimum atomic E-state index is -0.574. The van der Waals surface area contributed by atoms with Gasteiger partial charge < -0.3 is 19.1 Å². The first-order valence-electron chi connectivity index (χ1n) is 8.27. The molecule has 0 radical (unpaired) electrons. The Kier molecular flexibility index (Phi) is 3.95. The standard InChI is InChI=1S/C17H18N2O6/c20-15(8-11-1-2-13-14(7-11)25-10-24-13)18-5-3-12(4-6-18)19-16(21)9-23-17(19)22/h1-2,7,12H,3-6,8-10H2. The summed E-state index contributed by atoms with van der Waals surface area (Å²) in [5, 5.41) is 0. The Morgan fingerprint density at radius 2 is 1.84 bits per heavy atom. The first kappa shape index (κ1) is 15.7. The average molecular weight is 346 g/mol. The van der Waals surface area contributed by atoms with Crippen LogP contribution >= 0.6 is 0 Å². The predicted octanol–water partition coefficient (Wildman–Crippen LogP) is 0.928. The molecule has 1 aromatic rings. The number of carbonyl (C=O) groups is 3. The smallest absolute Gasteiger partial charge is 0.417 e. The second-order valence-corrected chi connectivity index (χ2v) is 6.29. The number of rotatable bonds is 3. The minimum absolute atomic E-state index is 0.0210. The molecule has 8 heteroatoms. The van der Waals surface area contributed by atoms with Crippen molar-refractivity contribution in [3.63, 3.8) is 0 Å². The van der Waals surface area contributed by atoms with Gasteiger partial charge in [0.1, 0.15) is 0 Å². The number of amides is 3. The Bertz CT molecular complexity index is 710. The van der Waals surface area contributed by atoms with Crippen molar-refractivity contribution >= 4 is 17.9 Å². The van der Waals surface area contributed by atoms with Crippen LogP contribution in [0.5, 0.6) is 11.5 Å². The van der Waals surface area contributed by atoms with Gasteiger partial charge in [0.25, 0.3) is 5.91 Å². The molecule has 0 unspecified atom stereocenters. The molecule has 0 spiro atoms. The summed E-state index contributed by atoms with van der Waals surface area (Å²) < 4.78 is 15.3. The zero-order chi connectivity index (χ0) is 17.4. The van der Waals surface area contributed by atoms with E-state index in [4.69, 9.17) is 14.2 Å². The zero-order valence-electron chi connectivity index (χ0n) is 13.6. The maximum absolute atomic E-state index is 12.5. The van der Waals surface area contributed by atoms with Crippen molar-refractivity contribution in [1.29, 1.82) is 0 Å². The van der Waals surface area contributed by atoms with Crippen LogP contribution in [0.15, 0.2) is 18.2 Å². The first-order chi connectivity index (χ1) is 12.1. The van der Waals surface area contributed by atoms with Gasteiger partial charge in [0.05, 0.1) is 6.42 Å². The summed E-state index contributed by atoms with van der Waals surface area (Å²) in [6, 6.07) is 5.31. The molecule has 8 nitrogen and oxygen atoms in total. The Morgan fingerprint density at radius 3 is 2.56 bits per heavy atom. The predicted molar refractivity (Wildman–Crippen MR) is 84.1 cm³/mol. The Labute approximate surface area is 144 Å². The molecule has 0 aromatic heterocycles. The van der Waals surface area contributed by atoms with E-state index in [0.717, 1.165) is 5.56 Å². The molecule has 2 fully saturated rings. The summed E-state index contributed by atoms with van der Waals surface area (Å²) in [6.07, 6.45) is 0.864. The minimum Gasteiger partial charge on any atom is -0.454 e. The normalized spacial score (nSPS) is 20.2. The van der Waals surface area contributed by atoms with Gasteiger partial charge in [-0.3, -0.25) is 9.59 Å². The first-order valence-corrected chi connectivity index (χ1v) is 8.27. The largest absolute Gasteiger partial charge is 0.454 e. The summed E-state index contributed by atoms with van der Waals surface area (Å²) in [7, 11) is 0. The Morgan fingerprint density at radius 1 is 1.08 bits per heavy atom. The van der Waals surface area contributed by atoms with Gasteiger partial charge in [-0.25, -0.2) is 9.69 Å². The van der Waals surface area contributed by atoms with Crippen molar-refractivity contribution in [3.8, 4) is 11.5 Å². The van der Waals surface area contributed by atoms with Gasteiger partial charge in [-0.05, 0) is 30.5 Å². The van der Waals surface area contributed by atoms with E-state index >= 15 is 0 Å². The molecule has 4 rings (SSSR count). The van der Waals surface area contributed by atoms with Crippen LogP contribution in [0.4, 0.5) is 4.79 Å². The lowest BCUT2D eigenvalue weighted by molar-refractivity contribution is -0.132. The number of likely N-dealkylation sites (tertiary alicyclic amines) is 1. The highest BCUT2D eigenvalue weighted by molar-refractivity contribution is 5.98. The van der Waals surface area contributed by atoms with Crippen molar-refractivity contribution in [3.05, 3.63) is 23.8 Å². The van der Waals surface area contributed by atoms with Crippen molar-refractivity contribution in [1.82, 2.24) is 9.80 Å². The fourth-order valence-corrected chi connectivity index (χ4v) is 3.43. The van der Waals surface area contributed by atoms with Crippen molar-refractivity contribution in [2.24, 2.45) is 0 Å². The lowest BCUT2D eigenvalue weighted by Gasteiger charge is -2.34. The molecule has 3 amide bonds. The molecule has 0 saturated carbocycles. The molecular formula is C17H18N2O6. The molecule has 132 valence electrons. The molecule has 25 heavy (non-hydrogen) atoms. The van der Waals surface area contributed by atoms with Crippen LogP contribution in [0.3, 0.4) is 0 Å². The summed E-state index contributed by atoms with van der Waals surface area (Å²) in [5.41, 5.74) is 0.870. The van der Waals surface area contributed by atoms with E-state index in [9.17, 15) is 14.4 Å². The fourth-order valence-electron chi connectivity index (χ4n) is 3.43. The van der Waals surface area contributed by atoms with Gasteiger partial charge in [-0.15, -0.1) is 0 Å². The summed E-state index contributed by atoms with van der Waals surface area (Å²) >= 11 is 0. The van der Waals surface area contributed by atoms with Gasteiger partial charge in [0, 0.05) is 19.1 Å². The van der Waals surface area contributed by atoms with E-state index in [1.807, 2.05) is 18.2 Å². The Balaban J connectivity index is 1.34. The van der Waals surface area contributed by atoms with E-state index in [0.29, 0.717) is 37.4 Å². The third kappa shape index (κ3) is 2.99. The summed E-state index contributed by atoms with van der Waals surface area (Å²) in [4.78, 5) is 38.8. The van der Waals surface area contributed by atoms with Crippen molar-refractivity contribution < 1.29 is 28.6 Å². The van der Waals surface area contributed by atoms with Crippen LogP contribution in [0.1, 0.15) is 18.4 Å². The molecule has 3 aliphatic heterocycles. The number of hydrogen-bond donors (Lipinski definition) is 0. The van der Waals surface area contributed by atoms with Crippen LogP contribution < -0.4 is 9.47 Å². The quantitative estimate of drug-likeness (QED) is 0.809. The molecule has 0 N–H and O–H groups in total. The lowest BCUT2D eigenvalue weighted by Crippen LogP contribution is -2.48. The van der Waals surface area contributed by atoms with Crippen molar-refractivity contribution in [2.75, 3.05) is 26.5 Å². The molecule has 0 bridgehead atoms. The van der Waals surface area contributed by atoms with E-state index in [1.165, 1.54) is 4.90 Å². The highest BCUT2D eigenvalue weighted by Crippen LogP contribution is 2.32. The number of carbonyl (C=O) groups excluding carboxylic acids is 3. The highest BCUT2D eigenvalue weighted by atomic mass is 16.7.